The largest absolute Gasteiger partial charge is 0.454 e. The van der Waals surface area contributed by atoms with Crippen LogP contribution in [0.5, 0.6) is 11.5 Å². The van der Waals surface area contributed by atoms with E-state index in [-0.39, 0.29) is 12.6 Å². The number of ether oxygens (including phenoxy) is 2. The third-order valence-corrected chi connectivity index (χ3v) is 4.08. The Morgan fingerprint density at radius 2 is 1.92 bits per heavy atom. The summed E-state index contributed by atoms with van der Waals surface area (Å²) in [5.74, 6) is 1.57. The lowest BCUT2D eigenvalue weighted by Gasteiger charge is -2.08. The van der Waals surface area contributed by atoms with Gasteiger partial charge in [0.1, 0.15) is 23.6 Å². The molecule has 8 heteroatoms. The van der Waals surface area contributed by atoms with Crippen LogP contribution in [0.2, 0.25) is 0 Å². The first-order valence-electron chi connectivity index (χ1n) is 7.90. The maximum atomic E-state index is 14.1. The van der Waals surface area contributed by atoms with Crippen LogP contribution in [0, 0.1) is 5.82 Å². The molecule has 1 aliphatic rings. The highest BCUT2D eigenvalue weighted by atomic mass is 19.1. The van der Waals surface area contributed by atoms with Gasteiger partial charge in [0.25, 0.3) is 0 Å². The summed E-state index contributed by atoms with van der Waals surface area (Å²) in [7, 11) is 0. The number of halogens is 1. The van der Waals surface area contributed by atoms with E-state index in [9.17, 15) is 4.39 Å². The quantitative estimate of drug-likeness (QED) is 0.611. The van der Waals surface area contributed by atoms with Crippen LogP contribution in [0.15, 0.2) is 55.0 Å². The Morgan fingerprint density at radius 3 is 2.85 bits per heavy atom. The fourth-order valence-electron chi connectivity index (χ4n) is 2.85. The van der Waals surface area contributed by atoms with E-state index in [0.29, 0.717) is 34.0 Å². The number of anilines is 2. The topological polar surface area (TPSA) is 74.1 Å². The number of hydrogen-bond acceptors (Lipinski definition) is 6. The Balaban J connectivity index is 1.56. The zero-order valence-electron chi connectivity index (χ0n) is 13.4. The Hall–Kier alpha value is -3.68. The van der Waals surface area contributed by atoms with E-state index in [1.165, 1.54) is 17.1 Å². The monoisotopic (exact) mass is 349 g/mol. The van der Waals surface area contributed by atoms with Crippen LogP contribution < -0.4 is 14.8 Å². The van der Waals surface area contributed by atoms with E-state index in [4.69, 9.17) is 9.47 Å². The standard InChI is InChI=1S/C18H12FN5O2/c19-13-3-1-2-4-14(13)24-18-12(8-22-24)17(20-9-21-18)23-11-5-6-15-16(7-11)26-10-25-15/h1-9H,10H2,(H,20,21,23). The van der Waals surface area contributed by atoms with Crippen molar-refractivity contribution in [2.45, 2.75) is 0 Å². The number of fused-ring (bicyclic) bond motifs is 2. The normalized spacial score (nSPS) is 12.5. The third kappa shape index (κ3) is 2.31. The smallest absolute Gasteiger partial charge is 0.231 e. The van der Waals surface area contributed by atoms with Gasteiger partial charge in [0.05, 0.1) is 11.6 Å². The molecule has 1 aliphatic heterocycles. The summed E-state index contributed by atoms with van der Waals surface area (Å²) in [6.07, 6.45) is 3.02. The predicted molar refractivity (Wildman–Crippen MR) is 92.5 cm³/mol. The summed E-state index contributed by atoms with van der Waals surface area (Å²) in [5.41, 5.74) is 1.62. The van der Waals surface area contributed by atoms with Gasteiger partial charge in [0.2, 0.25) is 6.79 Å². The van der Waals surface area contributed by atoms with Crippen molar-refractivity contribution in [2.75, 3.05) is 12.1 Å². The van der Waals surface area contributed by atoms with Gasteiger partial charge in [-0.05, 0) is 24.3 Å². The Labute approximate surface area is 147 Å². The molecule has 0 amide bonds. The fraction of sp³-hybridized carbons (Fsp3) is 0.0556. The summed E-state index contributed by atoms with van der Waals surface area (Å²) in [6.45, 7) is 0.214. The van der Waals surface area contributed by atoms with Crippen molar-refractivity contribution >= 4 is 22.5 Å². The van der Waals surface area contributed by atoms with Gasteiger partial charge in [-0.15, -0.1) is 0 Å². The van der Waals surface area contributed by atoms with Gasteiger partial charge in [0.15, 0.2) is 17.1 Å². The molecule has 2 aromatic carbocycles. The zero-order valence-corrected chi connectivity index (χ0v) is 13.4. The molecule has 0 atom stereocenters. The van der Waals surface area contributed by atoms with Gasteiger partial charge in [-0.2, -0.15) is 5.10 Å². The number of nitrogens with zero attached hydrogens (tertiary/aromatic N) is 4. The minimum Gasteiger partial charge on any atom is -0.454 e. The van der Waals surface area contributed by atoms with Gasteiger partial charge in [-0.1, -0.05) is 12.1 Å². The van der Waals surface area contributed by atoms with E-state index in [1.54, 1.807) is 24.4 Å². The SMILES string of the molecule is Fc1ccccc1-n1ncc2c(Nc3ccc4c(c3)OCO4)ncnc21. The second-order valence-corrected chi connectivity index (χ2v) is 5.66. The van der Waals surface area contributed by atoms with Crippen LogP contribution in [0.25, 0.3) is 16.7 Å². The van der Waals surface area contributed by atoms with E-state index in [2.05, 4.69) is 20.4 Å². The molecule has 7 nitrogen and oxygen atoms in total. The van der Waals surface area contributed by atoms with Crippen LogP contribution in [-0.2, 0) is 0 Å². The van der Waals surface area contributed by atoms with E-state index in [0.717, 1.165) is 5.69 Å². The van der Waals surface area contributed by atoms with Crippen LogP contribution in [0.1, 0.15) is 0 Å². The highest BCUT2D eigenvalue weighted by Crippen LogP contribution is 2.35. The molecule has 0 saturated heterocycles. The summed E-state index contributed by atoms with van der Waals surface area (Å²) in [5, 5.41) is 8.17. The molecule has 2 aromatic heterocycles. The average Bonchev–Trinajstić information content (AvgIpc) is 3.29. The molecule has 0 radical (unpaired) electrons. The maximum Gasteiger partial charge on any atom is 0.231 e. The van der Waals surface area contributed by atoms with Crippen LogP contribution >= 0.6 is 0 Å². The Kier molecular flexibility index (Phi) is 3.21. The van der Waals surface area contributed by atoms with E-state index < -0.39 is 0 Å². The molecule has 0 bridgehead atoms. The first-order valence-corrected chi connectivity index (χ1v) is 7.90. The molecule has 3 heterocycles. The van der Waals surface area contributed by atoms with Crippen LogP contribution in [0.3, 0.4) is 0 Å². The second kappa shape index (κ2) is 5.69. The summed E-state index contributed by atoms with van der Waals surface area (Å²) in [4.78, 5) is 8.54. The number of benzene rings is 2. The first kappa shape index (κ1) is 14.6. The molecule has 0 aliphatic carbocycles. The van der Waals surface area contributed by atoms with Crippen molar-refractivity contribution in [1.82, 2.24) is 19.7 Å². The minimum atomic E-state index is -0.374. The third-order valence-electron chi connectivity index (χ3n) is 4.08. The molecule has 0 spiro atoms. The predicted octanol–water partition coefficient (Wildman–Crippen LogP) is 3.43. The van der Waals surface area contributed by atoms with Crippen molar-refractivity contribution in [3.05, 3.63) is 60.8 Å². The van der Waals surface area contributed by atoms with E-state index in [1.807, 2.05) is 18.2 Å². The Morgan fingerprint density at radius 1 is 1.04 bits per heavy atom. The minimum absolute atomic E-state index is 0.214. The molecule has 26 heavy (non-hydrogen) atoms. The number of para-hydroxylation sites is 1. The molecule has 128 valence electrons. The molecular weight excluding hydrogens is 337 g/mol. The molecular formula is C18H12FN5O2. The number of rotatable bonds is 3. The number of aromatic nitrogens is 4. The maximum absolute atomic E-state index is 14.1. The summed E-state index contributed by atoms with van der Waals surface area (Å²) in [6, 6.07) is 11.9. The van der Waals surface area contributed by atoms with Crippen molar-refractivity contribution in [2.24, 2.45) is 0 Å². The van der Waals surface area contributed by atoms with Gasteiger partial charge in [0, 0.05) is 11.8 Å². The fourth-order valence-corrected chi connectivity index (χ4v) is 2.85. The van der Waals surface area contributed by atoms with Crippen molar-refractivity contribution in [3.63, 3.8) is 0 Å². The lowest BCUT2D eigenvalue weighted by Crippen LogP contribution is -2.01. The molecule has 1 N–H and O–H groups in total. The molecule has 5 rings (SSSR count). The van der Waals surface area contributed by atoms with E-state index >= 15 is 0 Å². The van der Waals surface area contributed by atoms with Gasteiger partial charge in [-0.25, -0.2) is 19.0 Å². The van der Waals surface area contributed by atoms with Gasteiger partial charge >= 0.3 is 0 Å². The van der Waals surface area contributed by atoms with Gasteiger partial charge < -0.3 is 14.8 Å². The summed E-state index contributed by atoms with van der Waals surface area (Å²) < 4.78 is 26.3. The van der Waals surface area contributed by atoms with Crippen molar-refractivity contribution in [3.8, 4) is 17.2 Å². The van der Waals surface area contributed by atoms with Gasteiger partial charge in [-0.3, -0.25) is 0 Å². The summed E-state index contributed by atoms with van der Waals surface area (Å²) >= 11 is 0. The molecule has 0 unspecified atom stereocenters. The van der Waals surface area contributed by atoms with Crippen molar-refractivity contribution < 1.29 is 13.9 Å². The zero-order chi connectivity index (χ0) is 17.5. The lowest BCUT2D eigenvalue weighted by atomic mass is 10.2. The van der Waals surface area contributed by atoms with Crippen LogP contribution in [0.4, 0.5) is 15.9 Å². The number of nitrogens with one attached hydrogen (secondary N) is 1. The Bertz CT molecular complexity index is 1130. The van der Waals surface area contributed by atoms with Crippen molar-refractivity contribution in [1.29, 1.82) is 0 Å². The molecule has 0 saturated carbocycles. The number of hydrogen-bond donors (Lipinski definition) is 1. The highest BCUT2D eigenvalue weighted by molar-refractivity contribution is 5.89. The first-order chi connectivity index (χ1) is 12.8. The average molecular weight is 349 g/mol. The molecule has 4 aromatic rings. The second-order valence-electron chi connectivity index (χ2n) is 5.66. The lowest BCUT2D eigenvalue weighted by molar-refractivity contribution is 0.174. The molecule has 0 fully saturated rings. The van der Waals surface area contributed by atoms with Crippen LogP contribution in [-0.4, -0.2) is 26.5 Å². The highest BCUT2D eigenvalue weighted by Gasteiger charge is 2.16.